The monoisotopic (exact) mass is 301 g/mol. The molecule has 0 aromatic rings. The van der Waals surface area contributed by atoms with Gasteiger partial charge >= 0.3 is 129 Å². The van der Waals surface area contributed by atoms with Crippen LogP contribution >= 0.6 is 7.41 Å². The second-order valence-electron chi connectivity index (χ2n) is 10.2. The van der Waals surface area contributed by atoms with Crippen molar-refractivity contribution >= 4 is 7.41 Å². The van der Waals surface area contributed by atoms with Crippen molar-refractivity contribution in [2.75, 3.05) is 20.0 Å². The average Bonchev–Trinajstić information content (AvgIpc) is 2.04. The summed E-state index contributed by atoms with van der Waals surface area (Å²) in [7, 11) is -1.46. The van der Waals surface area contributed by atoms with E-state index in [9.17, 15) is 0 Å². The quantitative estimate of drug-likeness (QED) is 0.565. The van der Waals surface area contributed by atoms with Crippen molar-refractivity contribution < 1.29 is 0 Å². The molecule has 0 bridgehead atoms. The summed E-state index contributed by atoms with van der Waals surface area (Å²) in [5.41, 5.74) is 3.63. The molecule has 0 saturated carbocycles. The molecule has 0 unspecified atom stereocenters. The number of hydrogen-bond acceptors (Lipinski definition) is 1. The van der Waals surface area contributed by atoms with Gasteiger partial charge in [-0.05, 0) is 0 Å². The van der Waals surface area contributed by atoms with Crippen LogP contribution in [-0.4, -0.2) is 30.2 Å². The van der Waals surface area contributed by atoms with Crippen molar-refractivity contribution in [3.8, 4) is 0 Å². The van der Waals surface area contributed by atoms with Crippen LogP contribution in [0.15, 0.2) is 11.3 Å². The van der Waals surface area contributed by atoms with Crippen molar-refractivity contribution in [1.82, 2.24) is 4.67 Å². The zero-order valence-electron chi connectivity index (χ0n) is 16.4. The summed E-state index contributed by atoms with van der Waals surface area (Å²) in [6.07, 6.45) is 0. The Labute approximate surface area is 129 Å². The summed E-state index contributed by atoms with van der Waals surface area (Å²) in [4.78, 5) is 0. The Morgan fingerprint density at radius 2 is 1.05 bits per heavy atom. The molecule has 0 N–H and O–H groups in total. The summed E-state index contributed by atoms with van der Waals surface area (Å²) < 4.78 is 2.76. The van der Waals surface area contributed by atoms with E-state index in [1.807, 2.05) is 0 Å². The van der Waals surface area contributed by atoms with Gasteiger partial charge in [0.15, 0.2) is 0 Å². The Bertz CT molecular complexity index is 350. The van der Waals surface area contributed by atoms with Crippen molar-refractivity contribution in [2.45, 2.75) is 74.8 Å². The van der Waals surface area contributed by atoms with Crippen LogP contribution in [0.4, 0.5) is 0 Å². The molecule has 1 nitrogen and oxygen atoms in total. The van der Waals surface area contributed by atoms with Crippen LogP contribution in [0.5, 0.6) is 0 Å². The molecule has 0 fully saturated rings. The standard InChI is InChI=1S/C18H40NP/c1-14(16(2,3)4)15(17(5,6)7)19(18(8,9)10)20(11,12)13/h20H,1-13H3/b15-14-. The van der Waals surface area contributed by atoms with Gasteiger partial charge in [-0.2, -0.15) is 0 Å². The zero-order chi connectivity index (χ0) is 16.7. The maximum absolute atomic E-state index is 2.76. The van der Waals surface area contributed by atoms with Crippen LogP contribution < -0.4 is 0 Å². The summed E-state index contributed by atoms with van der Waals surface area (Å²) in [6.45, 7) is 30.8. The van der Waals surface area contributed by atoms with Gasteiger partial charge in [-0.25, -0.2) is 0 Å². The second kappa shape index (κ2) is 5.64. The van der Waals surface area contributed by atoms with Gasteiger partial charge in [0.05, 0.1) is 0 Å². The molecule has 0 aliphatic heterocycles. The molecule has 20 heavy (non-hydrogen) atoms. The molecular formula is C18H40NP. The Morgan fingerprint density at radius 1 is 0.700 bits per heavy atom. The second-order valence-corrected chi connectivity index (χ2v) is 14.9. The SMILES string of the molecule is C/C(=C(/N(C(C)(C)C)[PH](C)(C)C)C(C)(C)C)C(C)(C)C. The van der Waals surface area contributed by atoms with E-state index in [-0.39, 0.29) is 16.4 Å². The molecule has 122 valence electrons. The molecule has 0 amide bonds. The Morgan fingerprint density at radius 3 is 1.20 bits per heavy atom. The first-order valence-corrected chi connectivity index (χ1v) is 11.4. The number of nitrogens with zero attached hydrogens (tertiary/aromatic N) is 1. The van der Waals surface area contributed by atoms with E-state index in [0.717, 1.165) is 0 Å². The molecule has 0 atom stereocenters. The fourth-order valence-electron chi connectivity index (χ4n) is 3.10. The van der Waals surface area contributed by atoms with Gasteiger partial charge in [-0.15, -0.1) is 0 Å². The normalized spacial score (nSPS) is 16.9. The van der Waals surface area contributed by atoms with Crippen LogP contribution in [0.3, 0.4) is 0 Å². The van der Waals surface area contributed by atoms with Gasteiger partial charge < -0.3 is 0 Å². The van der Waals surface area contributed by atoms with E-state index in [2.05, 4.69) is 93.9 Å². The molecule has 2 heteroatoms. The Balaban J connectivity index is 6.42. The third kappa shape index (κ3) is 5.06. The van der Waals surface area contributed by atoms with Crippen molar-refractivity contribution in [1.29, 1.82) is 0 Å². The first-order chi connectivity index (χ1) is 8.40. The molecule has 0 aliphatic rings. The third-order valence-electron chi connectivity index (χ3n) is 3.76. The van der Waals surface area contributed by atoms with E-state index in [4.69, 9.17) is 0 Å². The van der Waals surface area contributed by atoms with Gasteiger partial charge in [-0.3, -0.25) is 0 Å². The third-order valence-corrected chi connectivity index (χ3v) is 5.99. The molecule has 0 rings (SSSR count). The van der Waals surface area contributed by atoms with E-state index in [1.165, 1.54) is 5.57 Å². The minimum atomic E-state index is -1.46. The van der Waals surface area contributed by atoms with E-state index in [1.54, 1.807) is 5.70 Å². The van der Waals surface area contributed by atoms with Gasteiger partial charge in [0.25, 0.3) is 0 Å². The maximum atomic E-state index is 2.76. The van der Waals surface area contributed by atoms with Crippen molar-refractivity contribution in [2.24, 2.45) is 10.8 Å². The number of allylic oxidation sites excluding steroid dienone is 2. The fraction of sp³-hybridized carbons (Fsp3) is 0.889. The van der Waals surface area contributed by atoms with Crippen molar-refractivity contribution in [3.63, 3.8) is 0 Å². The molecule has 0 aromatic heterocycles. The van der Waals surface area contributed by atoms with Crippen LogP contribution in [0.25, 0.3) is 0 Å². The predicted molar refractivity (Wildman–Crippen MR) is 99.3 cm³/mol. The van der Waals surface area contributed by atoms with Gasteiger partial charge in [0, 0.05) is 0 Å². The van der Waals surface area contributed by atoms with Gasteiger partial charge in [-0.1, -0.05) is 0 Å². The summed E-state index contributed by atoms with van der Waals surface area (Å²) in [5.74, 6) is 0. The minimum absolute atomic E-state index is 0.166. The van der Waals surface area contributed by atoms with E-state index < -0.39 is 7.41 Å². The fourth-order valence-corrected chi connectivity index (χ4v) is 6.28. The average molecular weight is 301 g/mol. The predicted octanol–water partition coefficient (Wildman–Crippen LogP) is 6.01. The van der Waals surface area contributed by atoms with Crippen LogP contribution in [0, 0.1) is 10.8 Å². The molecular weight excluding hydrogens is 261 g/mol. The zero-order valence-corrected chi connectivity index (χ0v) is 17.4. The summed E-state index contributed by atoms with van der Waals surface area (Å²) in [5, 5.41) is 0. The Hall–Kier alpha value is -0.0300. The van der Waals surface area contributed by atoms with Gasteiger partial charge in [0.1, 0.15) is 0 Å². The van der Waals surface area contributed by atoms with Gasteiger partial charge in [0.2, 0.25) is 0 Å². The number of rotatable bonds is 2. The summed E-state index contributed by atoms with van der Waals surface area (Å²) in [6, 6.07) is 0. The topological polar surface area (TPSA) is 3.24 Å². The van der Waals surface area contributed by atoms with Crippen LogP contribution in [0.2, 0.25) is 0 Å². The molecule has 0 aromatic carbocycles. The summed E-state index contributed by atoms with van der Waals surface area (Å²) >= 11 is 0. The Kier molecular flexibility index (Phi) is 5.63. The van der Waals surface area contributed by atoms with E-state index >= 15 is 0 Å². The first-order valence-electron chi connectivity index (χ1n) is 7.92. The number of hydrogen-bond donors (Lipinski definition) is 0. The molecule has 0 saturated heterocycles. The first kappa shape index (κ1) is 20.0. The van der Waals surface area contributed by atoms with Crippen LogP contribution in [-0.2, 0) is 0 Å². The molecule has 0 aliphatic carbocycles. The van der Waals surface area contributed by atoms with Crippen molar-refractivity contribution in [3.05, 3.63) is 11.3 Å². The molecule has 0 spiro atoms. The van der Waals surface area contributed by atoms with Crippen LogP contribution in [0.1, 0.15) is 69.2 Å². The molecule has 0 radical (unpaired) electrons. The van der Waals surface area contributed by atoms with E-state index in [0.29, 0.717) is 0 Å². The molecule has 0 heterocycles.